The molecule has 0 amide bonds. The molecular formula is C12H16IN5. The van der Waals surface area contributed by atoms with Crippen LogP contribution in [0.1, 0.15) is 26.0 Å². The van der Waals surface area contributed by atoms with E-state index in [0.717, 1.165) is 34.3 Å². The first kappa shape index (κ1) is 13.3. The predicted octanol–water partition coefficient (Wildman–Crippen LogP) is 2.50. The molecule has 0 spiro atoms. The van der Waals surface area contributed by atoms with Crippen LogP contribution < -0.4 is 5.73 Å². The van der Waals surface area contributed by atoms with E-state index >= 15 is 0 Å². The van der Waals surface area contributed by atoms with Crippen molar-refractivity contribution in [3.63, 3.8) is 0 Å². The van der Waals surface area contributed by atoms with Gasteiger partial charge in [-0.2, -0.15) is 0 Å². The van der Waals surface area contributed by atoms with Crippen molar-refractivity contribution >= 4 is 28.4 Å². The monoisotopic (exact) mass is 357 g/mol. The third-order valence-electron chi connectivity index (χ3n) is 2.69. The predicted molar refractivity (Wildman–Crippen MR) is 80.1 cm³/mol. The Morgan fingerprint density at radius 2 is 2.11 bits per heavy atom. The maximum Gasteiger partial charge on any atom is 0.180 e. The summed E-state index contributed by atoms with van der Waals surface area (Å²) in [7, 11) is 0. The molecule has 96 valence electrons. The Morgan fingerprint density at radius 3 is 2.78 bits per heavy atom. The molecular weight excluding hydrogens is 341 g/mol. The Bertz CT molecular complexity index is 549. The highest BCUT2D eigenvalue weighted by Gasteiger charge is 2.13. The lowest BCUT2D eigenvalue weighted by atomic mass is 10.3. The molecule has 0 radical (unpaired) electrons. The van der Waals surface area contributed by atoms with Gasteiger partial charge in [-0.05, 0) is 35.4 Å². The van der Waals surface area contributed by atoms with Crippen LogP contribution in [0.4, 0.5) is 5.82 Å². The Morgan fingerprint density at radius 1 is 1.33 bits per heavy atom. The first-order valence-corrected chi connectivity index (χ1v) is 7.07. The molecule has 0 atom stereocenters. The van der Waals surface area contributed by atoms with Crippen LogP contribution in [0.2, 0.25) is 0 Å². The molecule has 0 aromatic carbocycles. The highest BCUT2D eigenvalue weighted by molar-refractivity contribution is 14.1. The van der Waals surface area contributed by atoms with Crippen LogP contribution in [-0.2, 0) is 13.0 Å². The topological polar surface area (TPSA) is 69.6 Å². The van der Waals surface area contributed by atoms with Gasteiger partial charge in [0, 0.05) is 6.54 Å². The van der Waals surface area contributed by atoms with Crippen LogP contribution in [0, 0.1) is 3.57 Å². The Hall–Kier alpha value is -1.18. The molecule has 5 nitrogen and oxygen atoms in total. The van der Waals surface area contributed by atoms with Gasteiger partial charge in [0.25, 0.3) is 0 Å². The third kappa shape index (κ3) is 2.47. The van der Waals surface area contributed by atoms with Crippen molar-refractivity contribution in [1.29, 1.82) is 0 Å². The number of nitrogens with zero attached hydrogens (tertiary/aromatic N) is 4. The first-order valence-electron chi connectivity index (χ1n) is 5.99. The number of halogens is 1. The number of hydrogen-bond donors (Lipinski definition) is 1. The molecule has 0 unspecified atom stereocenters. The van der Waals surface area contributed by atoms with Gasteiger partial charge in [0.2, 0.25) is 0 Å². The van der Waals surface area contributed by atoms with Crippen molar-refractivity contribution in [2.45, 2.75) is 33.2 Å². The first-order chi connectivity index (χ1) is 8.67. The number of anilines is 1. The average molecular weight is 357 g/mol. The number of hydrogen-bond acceptors (Lipinski definition) is 4. The van der Waals surface area contributed by atoms with Crippen LogP contribution >= 0.6 is 22.6 Å². The van der Waals surface area contributed by atoms with Crippen molar-refractivity contribution in [3.05, 3.63) is 21.8 Å². The summed E-state index contributed by atoms with van der Waals surface area (Å²) in [6.45, 7) is 5.10. The fourth-order valence-corrected chi connectivity index (χ4v) is 2.41. The lowest BCUT2D eigenvalue weighted by Gasteiger charge is -2.09. The molecule has 0 fully saturated rings. The summed E-state index contributed by atoms with van der Waals surface area (Å²) in [4.78, 5) is 13.1. The second-order valence-electron chi connectivity index (χ2n) is 4.02. The van der Waals surface area contributed by atoms with E-state index in [9.17, 15) is 0 Å². The fourth-order valence-electron chi connectivity index (χ4n) is 1.79. The minimum atomic E-state index is 0.543. The number of nitrogens with two attached hydrogens (primary N) is 1. The standard InChI is InChI=1S/C12H16IN5/c1-3-5-18-7-15-6-9(18)12-16-8(4-2)10(13)11(14)17-12/h6-7H,3-5H2,1-2H3,(H2,14,16,17). The molecule has 2 aromatic heterocycles. The zero-order valence-corrected chi connectivity index (χ0v) is 12.7. The highest BCUT2D eigenvalue weighted by atomic mass is 127. The number of imidazole rings is 1. The summed E-state index contributed by atoms with van der Waals surface area (Å²) in [6.07, 6.45) is 5.49. The minimum absolute atomic E-state index is 0.543. The molecule has 0 aliphatic rings. The highest BCUT2D eigenvalue weighted by Crippen LogP contribution is 2.22. The minimum Gasteiger partial charge on any atom is -0.383 e. The summed E-state index contributed by atoms with van der Waals surface area (Å²) >= 11 is 2.19. The van der Waals surface area contributed by atoms with E-state index in [4.69, 9.17) is 5.73 Å². The van der Waals surface area contributed by atoms with Gasteiger partial charge < -0.3 is 10.3 Å². The van der Waals surface area contributed by atoms with E-state index in [0.29, 0.717) is 11.6 Å². The van der Waals surface area contributed by atoms with Crippen LogP contribution in [0.15, 0.2) is 12.5 Å². The number of aromatic nitrogens is 4. The number of rotatable bonds is 4. The molecule has 2 N–H and O–H groups in total. The van der Waals surface area contributed by atoms with Gasteiger partial charge >= 0.3 is 0 Å². The molecule has 2 rings (SSSR count). The molecule has 6 heteroatoms. The van der Waals surface area contributed by atoms with Crippen LogP contribution in [0.3, 0.4) is 0 Å². The molecule has 18 heavy (non-hydrogen) atoms. The fraction of sp³-hybridized carbons (Fsp3) is 0.417. The molecule has 2 aromatic rings. The molecule has 0 saturated heterocycles. The van der Waals surface area contributed by atoms with E-state index in [1.807, 2.05) is 6.33 Å². The third-order valence-corrected chi connectivity index (χ3v) is 3.86. The molecule has 0 aliphatic heterocycles. The van der Waals surface area contributed by atoms with Crippen molar-refractivity contribution < 1.29 is 0 Å². The lowest BCUT2D eigenvalue weighted by molar-refractivity contribution is 0.681. The van der Waals surface area contributed by atoms with E-state index in [-0.39, 0.29) is 0 Å². The summed E-state index contributed by atoms with van der Waals surface area (Å²) < 4.78 is 3.00. The van der Waals surface area contributed by atoms with Crippen LogP contribution in [0.25, 0.3) is 11.5 Å². The molecule has 2 heterocycles. The van der Waals surface area contributed by atoms with Gasteiger partial charge in [0.1, 0.15) is 11.5 Å². The Kier molecular flexibility index (Phi) is 4.15. The van der Waals surface area contributed by atoms with Crippen molar-refractivity contribution in [2.24, 2.45) is 0 Å². The Labute approximate surface area is 120 Å². The SMILES string of the molecule is CCCn1cncc1-c1nc(N)c(I)c(CC)n1. The van der Waals surface area contributed by atoms with Crippen molar-refractivity contribution in [3.8, 4) is 11.5 Å². The quantitative estimate of drug-likeness (QED) is 0.854. The van der Waals surface area contributed by atoms with Gasteiger partial charge in [-0.1, -0.05) is 13.8 Å². The summed E-state index contributed by atoms with van der Waals surface area (Å²) in [6, 6.07) is 0. The zero-order chi connectivity index (χ0) is 13.1. The van der Waals surface area contributed by atoms with Crippen LogP contribution in [-0.4, -0.2) is 19.5 Å². The van der Waals surface area contributed by atoms with Gasteiger partial charge in [0.05, 0.1) is 21.8 Å². The largest absolute Gasteiger partial charge is 0.383 e. The van der Waals surface area contributed by atoms with E-state index in [1.54, 1.807) is 6.20 Å². The average Bonchev–Trinajstić information content (AvgIpc) is 2.81. The zero-order valence-electron chi connectivity index (χ0n) is 10.5. The lowest BCUT2D eigenvalue weighted by Crippen LogP contribution is -2.07. The number of aryl methyl sites for hydroxylation is 2. The molecule has 0 saturated carbocycles. The smallest absolute Gasteiger partial charge is 0.180 e. The van der Waals surface area contributed by atoms with E-state index < -0.39 is 0 Å². The number of nitrogen functional groups attached to an aromatic ring is 1. The maximum absolute atomic E-state index is 5.94. The second kappa shape index (κ2) is 5.64. The maximum atomic E-state index is 5.94. The summed E-state index contributed by atoms with van der Waals surface area (Å²) in [5, 5.41) is 0. The van der Waals surface area contributed by atoms with Crippen molar-refractivity contribution in [2.75, 3.05) is 5.73 Å². The van der Waals surface area contributed by atoms with Gasteiger partial charge in [-0.25, -0.2) is 15.0 Å². The Balaban J connectivity index is 2.50. The second-order valence-corrected chi connectivity index (χ2v) is 5.10. The van der Waals surface area contributed by atoms with Gasteiger partial charge in [-0.15, -0.1) is 0 Å². The molecule has 0 aliphatic carbocycles. The summed E-state index contributed by atoms with van der Waals surface area (Å²) in [5.74, 6) is 1.21. The normalized spacial score (nSPS) is 10.8. The molecule has 0 bridgehead atoms. The summed E-state index contributed by atoms with van der Waals surface area (Å²) in [5.41, 5.74) is 7.85. The van der Waals surface area contributed by atoms with Gasteiger partial charge in [0.15, 0.2) is 5.82 Å². The van der Waals surface area contributed by atoms with Crippen LogP contribution in [0.5, 0.6) is 0 Å². The van der Waals surface area contributed by atoms with Gasteiger partial charge in [-0.3, -0.25) is 0 Å². The van der Waals surface area contributed by atoms with E-state index in [2.05, 4.69) is 56.0 Å². The van der Waals surface area contributed by atoms with Crippen molar-refractivity contribution in [1.82, 2.24) is 19.5 Å². The van der Waals surface area contributed by atoms with E-state index in [1.165, 1.54) is 0 Å².